The first-order valence-corrected chi connectivity index (χ1v) is 4.69. The summed E-state index contributed by atoms with van der Waals surface area (Å²) < 4.78 is 0. The summed E-state index contributed by atoms with van der Waals surface area (Å²) in [6.45, 7) is 5.53. The van der Waals surface area contributed by atoms with Crippen LogP contribution in [-0.4, -0.2) is 18.0 Å². The minimum Gasteiger partial charge on any atom is -0.367 e. The van der Waals surface area contributed by atoms with Gasteiger partial charge in [-0.3, -0.25) is 10.1 Å². The molecule has 1 aromatic carbocycles. The number of anilines is 1. The van der Waals surface area contributed by atoms with E-state index in [2.05, 4.69) is 0 Å². The molecule has 0 radical (unpaired) electrons. The van der Waals surface area contributed by atoms with Crippen LogP contribution in [-0.2, 0) is 0 Å². The molecule has 0 N–H and O–H groups in total. The van der Waals surface area contributed by atoms with Crippen LogP contribution in [0.3, 0.4) is 0 Å². The summed E-state index contributed by atoms with van der Waals surface area (Å²) in [4.78, 5) is 12.4. The second kappa shape index (κ2) is 4.60. The van der Waals surface area contributed by atoms with Crippen LogP contribution in [0.4, 0.5) is 11.4 Å². The first-order valence-electron chi connectivity index (χ1n) is 4.69. The summed E-state index contributed by atoms with van der Waals surface area (Å²) in [7, 11) is 0. The van der Waals surface area contributed by atoms with Crippen LogP contribution in [0.25, 0.3) is 0 Å². The highest BCUT2D eigenvalue weighted by molar-refractivity contribution is 5.62. The molecule has 0 bridgehead atoms. The minimum atomic E-state index is -0.340. The summed E-state index contributed by atoms with van der Waals surface area (Å²) in [5, 5.41) is 10.7. The normalized spacial score (nSPS) is 9.86. The highest BCUT2D eigenvalue weighted by Gasteiger charge is 2.15. The van der Waals surface area contributed by atoms with Crippen LogP contribution in [0, 0.1) is 10.1 Å². The van der Waals surface area contributed by atoms with Crippen LogP contribution in [0.1, 0.15) is 13.8 Å². The summed E-state index contributed by atoms with van der Waals surface area (Å²) in [5.74, 6) is 0. The van der Waals surface area contributed by atoms with Crippen LogP contribution < -0.4 is 4.90 Å². The van der Waals surface area contributed by atoms with Crippen LogP contribution in [0.15, 0.2) is 24.3 Å². The first kappa shape index (κ1) is 10.5. The molecule has 0 aliphatic rings. The molecule has 14 heavy (non-hydrogen) atoms. The Hall–Kier alpha value is -1.58. The molecule has 0 spiro atoms. The van der Waals surface area contributed by atoms with Crippen molar-refractivity contribution in [3.63, 3.8) is 0 Å². The zero-order chi connectivity index (χ0) is 10.6. The summed E-state index contributed by atoms with van der Waals surface area (Å²) in [6, 6.07) is 6.82. The maximum absolute atomic E-state index is 10.7. The quantitative estimate of drug-likeness (QED) is 0.546. The standard InChI is InChI=1S/C10H14N2O2/c1-3-11(4-2)9-7-5-6-8-10(9)12(13)14/h5-8H,3-4H2,1-2H3. The molecule has 0 fully saturated rings. The molecule has 1 rings (SSSR count). The van der Waals surface area contributed by atoms with Gasteiger partial charge >= 0.3 is 0 Å². The third kappa shape index (κ3) is 2.02. The highest BCUT2D eigenvalue weighted by Crippen LogP contribution is 2.26. The fraction of sp³-hybridized carbons (Fsp3) is 0.400. The van der Waals surface area contributed by atoms with E-state index in [-0.39, 0.29) is 10.6 Å². The molecule has 1 aromatic rings. The Morgan fingerprint density at radius 2 is 1.86 bits per heavy atom. The maximum atomic E-state index is 10.7. The van der Waals surface area contributed by atoms with Gasteiger partial charge in [0.2, 0.25) is 0 Å². The van der Waals surface area contributed by atoms with E-state index in [4.69, 9.17) is 0 Å². The predicted molar refractivity (Wildman–Crippen MR) is 56.7 cm³/mol. The van der Waals surface area contributed by atoms with E-state index in [9.17, 15) is 10.1 Å². The lowest BCUT2D eigenvalue weighted by Crippen LogP contribution is -2.22. The Labute approximate surface area is 83.3 Å². The Balaban J connectivity index is 3.11. The van der Waals surface area contributed by atoms with E-state index in [0.29, 0.717) is 5.69 Å². The van der Waals surface area contributed by atoms with Gasteiger partial charge in [-0.05, 0) is 19.9 Å². The first-order chi connectivity index (χ1) is 6.70. The van der Waals surface area contributed by atoms with Crippen molar-refractivity contribution in [3.8, 4) is 0 Å². The van der Waals surface area contributed by atoms with Crippen LogP contribution in [0.5, 0.6) is 0 Å². The van der Waals surface area contributed by atoms with Crippen molar-refractivity contribution in [1.82, 2.24) is 0 Å². The van der Waals surface area contributed by atoms with Crippen molar-refractivity contribution in [1.29, 1.82) is 0 Å². The van der Waals surface area contributed by atoms with Crippen LogP contribution >= 0.6 is 0 Å². The number of nitro groups is 1. The zero-order valence-electron chi connectivity index (χ0n) is 8.43. The van der Waals surface area contributed by atoms with Gasteiger partial charge in [-0.2, -0.15) is 0 Å². The SMILES string of the molecule is CCN(CC)c1ccccc1[N+](=O)[O-]. The predicted octanol–water partition coefficient (Wildman–Crippen LogP) is 2.44. The summed E-state index contributed by atoms with van der Waals surface area (Å²) in [6.07, 6.45) is 0. The topological polar surface area (TPSA) is 46.4 Å². The van der Waals surface area contributed by atoms with Gasteiger partial charge in [0.25, 0.3) is 5.69 Å². The Morgan fingerprint density at radius 3 is 2.36 bits per heavy atom. The number of hydrogen-bond acceptors (Lipinski definition) is 3. The third-order valence-corrected chi connectivity index (χ3v) is 2.18. The van der Waals surface area contributed by atoms with Crippen molar-refractivity contribution in [2.24, 2.45) is 0 Å². The number of nitrogens with zero attached hydrogens (tertiary/aromatic N) is 2. The number of rotatable bonds is 4. The van der Waals surface area contributed by atoms with Crippen molar-refractivity contribution >= 4 is 11.4 Å². The largest absolute Gasteiger partial charge is 0.367 e. The number of nitro benzene ring substituents is 1. The lowest BCUT2D eigenvalue weighted by molar-refractivity contribution is -0.384. The fourth-order valence-electron chi connectivity index (χ4n) is 1.45. The molecule has 0 heterocycles. The molecular formula is C10H14N2O2. The minimum absolute atomic E-state index is 0.177. The highest BCUT2D eigenvalue weighted by atomic mass is 16.6. The van der Waals surface area contributed by atoms with E-state index in [1.54, 1.807) is 12.1 Å². The molecule has 0 aliphatic carbocycles. The van der Waals surface area contributed by atoms with E-state index in [1.165, 1.54) is 6.07 Å². The molecule has 0 saturated heterocycles. The average Bonchev–Trinajstić information content (AvgIpc) is 2.20. The van der Waals surface area contributed by atoms with Crippen molar-refractivity contribution < 1.29 is 4.92 Å². The lowest BCUT2D eigenvalue weighted by atomic mass is 10.2. The van der Waals surface area contributed by atoms with Gasteiger partial charge in [-0.25, -0.2) is 0 Å². The van der Waals surface area contributed by atoms with Gasteiger partial charge in [-0.1, -0.05) is 12.1 Å². The lowest BCUT2D eigenvalue weighted by Gasteiger charge is -2.20. The second-order valence-electron chi connectivity index (χ2n) is 2.92. The van der Waals surface area contributed by atoms with Crippen molar-refractivity contribution in [2.45, 2.75) is 13.8 Å². The van der Waals surface area contributed by atoms with Gasteiger partial charge in [0.15, 0.2) is 0 Å². The smallest absolute Gasteiger partial charge is 0.292 e. The molecule has 0 saturated carbocycles. The Bertz CT molecular complexity index is 322. The molecule has 4 nitrogen and oxygen atoms in total. The number of benzene rings is 1. The fourth-order valence-corrected chi connectivity index (χ4v) is 1.45. The molecule has 0 atom stereocenters. The molecular weight excluding hydrogens is 180 g/mol. The zero-order valence-corrected chi connectivity index (χ0v) is 8.43. The van der Waals surface area contributed by atoms with E-state index in [1.807, 2.05) is 24.8 Å². The Kier molecular flexibility index (Phi) is 3.45. The van der Waals surface area contributed by atoms with Crippen molar-refractivity contribution in [2.75, 3.05) is 18.0 Å². The third-order valence-electron chi connectivity index (χ3n) is 2.18. The Morgan fingerprint density at radius 1 is 1.29 bits per heavy atom. The van der Waals surface area contributed by atoms with Crippen LogP contribution in [0.2, 0.25) is 0 Å². The van der Waals surface area contributed by atoms with Gasteiger partial charge in [0, 0.05) is 19.2 Å². The van der Waals surface area contributed by atoms with Gasteiger partial charge in [0.1, 0.15) is 5.69 Å². The van der Waals surface area contributed by atoms with E-state index in [0.717, 1.165) is 13.1 Å². The monoisotopic (exact) mass is 194 g/mol. The molecule has 0 unspecified atom stereocenters. The molecule has 76 valence electrons. The average molecular weight is 194 g/mol. The molecule has 4 heteroatoms. The molecule has 0 amide bonds. The molecule has 0 aliphatic heterocycles. The number of hydrogen-bond donors (Lipinski definition) is 0. The van der Waals surface area contributed by atoms with E-state index >= 15 is 0 Å². The van der Waals surface area contributed by atoms with Gasteiger partial charge in [0.05, 0.1) is 4.92 Å². The van der Waals surface area contributed by atoms with Gasteiger partial charge in [-0.15, -0.1) is 0 Å². The summed E-state index contributed by atoms with van der Waals surface area (Å²) >= 11 is 0. The number of para-hydroxylation sites is 2. The van der Waals surface area contributed by atoms with Crippen molar-refractivity contribution in [3.05, 3.63) is 34.4 Å². The molecule has 0 aromatic heterocycles. The van der Waals surface area contributed by atoms with Gasteiger partial charge < -0.3 is 4.90 Å². The van der Waals surface area contributed by atoms with E-state index < -0.39 is 0 Å². The maximum Gasteiger partial charge on any atom is 0.292 e. The second-order valence-corrected chi connectivity index (χ2v) is 2.92. The summed E-state index contributed by atoms with van der Waals surface area (Å²) in [5.41, 5.74) is 0.874.